The Morgan fingerprint density at radius 2 is 1.93 bits per heavy atom. The van der Waals surface area contributed by atoms with Crippen molar-refractivity contribution in [2.24, 2.45) is 0 Å². The molecule has 1 unspecified atom stereocenters. The maximum atomic E-state index is 12.0. The van der Waals surface area contributed by atoms with Crippen molar-refractivity contribution in [3.63, 3.8) is 0 Å². The highest BCUT2D eigenvalue weighted by Crippen LogP contribution is 2.35. The SMILES string of the molecule is CCCCS(=O)Nc1ccc(-c2c(C#N)c3cc(Cl)ccc3n2CC)cc1. The highest BCUT2D eigenvalue weighted by molar-refractivity contribution is 7.86. The Kier molecular flexibility index (Phi) is 6.20. The molecule has 3 aromatic rings. The molecule has 0 radical (unpaired) electrons. The zero-order valence-electron chi connectivity index (χ0n) is 15.5. The standard InChI is InChI=1S/C21H22ClN3OS/c1-3-5-12-27(26)24-17-9-6-15(7-10-17)21-19(14-23)18-13-16(22)8-11-20(18)25(21)4-2/h6-11,13,24H,3-5,12H2,1-2H3. The van der Waals surface area contributed by atoms with Crippen LogP contribution in [0, 0.1) is 11.3 Å². The van der Waals surface area contributed by atoms with Crippen LogP contribution in [0.4, 0.5) is 5.69 Å². The van der Waals surface area contributed by atoms with E-state index in [4.69, 9.17) is 11.6 Å². The number of nitrogens with one attached hydrogen (secondary N) is 1. The molecule has 0 saturated heterocycles. The van der Waals surface area contributed by atoms with Gasteiger partial charge in [0.05, 0.1) is 11.3 Å². The number of unbranched alkanes of at least 4 members (excludes halogenated alkanes) is 1. The number of benzene rings is 2. The van der Waals surface area contributed by atoms with E-state index in [1.165, 1.54) is 0 Å². The topological polar surface area (TPSA) is 57.8 Å². The zero-order valence-corrected chi connectivity index (χ0v) is 17.0. The number of fused-ring (bicyclic) bond motifs is 1. The summed E-state index contributed by atoms with van der Waals surface area (Å²) in [7, 11) is -1.07. The summed E-state index contributed by atoms with van der Waals surface area (Å²) in [5.74, 6) is 0.641. The highest BCUT2D eigenvalue weighted by Gasteiger charge is 2.18. The van der Waals surface area contributed by atoms with Gasteiger partial charge in [-0.05, 0) is 49.2 Å². The lowest BCUT2D eigenvalue weighted by atomic mass is 10.1. The normalized spacial score (nSPS) is 12.1. The summed E-state index contributed by atoms with van der Waals surface area (Å²) >= 11 is 6.15. The molecule has 0 aliphatic rings. The first-order chi connectivity index (χ1) is 13.1. The number of nitriles is 1. The number of anilines is 1. The van der Waals surface area contributed by atoms with E-state index < -0.39 is 11.0 Å². The van der Waals surface area contributed by atoms with Crippen molar-refractivity contribution in [2.75, 3.05) is 10.5 Å². The Labute approximate surface area is 167 Å². The molecule has 140 valence electrons. The van der Waals surface area contributed by atoms with Gasteiger partial charge in [-0.15, -0.1) is 0 Å². The van der Waals surface area contributed by atoms with Gasteiger partial charge < -0.3 is 9.29 Å². The van der Waals surface area contributed by atoms with Crippen LogP contribution in [0.15, 0.2) is 42.5 Å². The lowest BCUT2D eigenvalue weighted by Crippen LogP contribution is -2.08. The summed E-state index contributed by atoms with van der Waals surface area (Å²) in [6.45, 7) is 4.89. The van der Waals surface area contributed by atoms with Gasteiger partial charge in [0.1, 0.15) is 17.1 Å². The van der Waals surface area contributed by atoms with Crippen molar-refractivity contribution in [3.8, 4) is 17.3 Å². The molecule has 0 aliphatic heterocycles. The first-order valence-corrected chi connectivity index (χ1v) is 10.8. The van der Waals surface area contributed by atoms with Gasteiger partial charge in [-0.25, -0.2) is 4.21 Å². The van der Waals surface area contributed by atoms with Crippen LogP contribution >= 0.6 is 11.6 Å². The maximum absolute atomic E-state index is 12.0. The van der Waals surface area contributed by atoms with Crippen molar-refractivity contribution in [2.45, 2.75) is 33.2 Å². The number of hydrogen-bond acceptors (Lipinski definition) is 2. The van der Waals surface area contributed by atoms with Gasteiger partial charge in [0.2, 0.25) is 0 Å². The molecule has 0 bridgehead atoms. The molecule has 1 aromatic heterocycles. The molecule has 1 heterocycles. The predicted octanol–water partition coefficient (Wildman–Crippen LogP) is 5.73. The predicted molar refractivity (Wildman–Crippen MR) is 114 cm³/mol. The summed E-state index contributed by atoms with van der Waals surface area (Å²) in [4.78, 5) is 0. The number of rotatable bonds is 7. The van der Waals surface area contributed by atoms with Gasteiger partial charge >= 0.3 is 0 Å². The van der Waals surface area contributed by atoms with Gasteiger partial charge in [-0.2, -0.15) is 5.26 Å². The highest BCUT2D eigenvalue weighted by atomic mass is 35.5. The van der Waals surface area contributed by atoms with E-state index >= 15 is 0 Å². The smallest absolute Gasteiger partial charge is 0.117 e. The summed E-state index contributed by atoms with van der Waals surface area (Å²) in [5, 5.41) is 11.3. The van der Waals surface area contributed by atoms with E-state index in [1.807, 2.05) is 42.5 Å². The molecule has 0 aliphatic carbocycles. The number of aromatic nitrogens is 1. The molecule has 0 amide bonds. The monoisotopic (exact) mass is 399 g/mol. The van der Waals surface area contributed by atoms with E-state index in [9.17, 15) is 9.47 Å². The molecule has 4 nitrogen and oxygen atoms in total. The van der Waals surface area contributed by atoms with Crippen LogP contribution in [0.3, 0.4) is 0 Å². The molecule has 27 heavy (non-hydrogen) atoms. The van der Waals surface area contributed by atoms with Crippen molar-refractivity contribution in [1.82, 2.24) is 4.57 Å². The fourth-order valence-corrected chi connectivity index (χ4v) is 4.45. The van der Waals surface area contributed by atoms with Crippen LogP contribution in [-0.4, -0.2) is 14.5 Å². The van der Waals surface area contributed by atoms with Gasteiger partial charge in [-0.1, -0.05) is 37.1 Å². The van der Waals surface area contributed by atoms with Gasteiger partial charge in [0, 0.05) is 33.9 Å². The molecule has 2 aromatic carbocycles. The lowest BCUT2D eigenvalue weighted by Gasteiger charge is -2.10. The van der Waals surface area contributed by atoms with Crippen LogP contribution in [0.25, 0.3) is 22.2 Å². The summed E-state index contributed by atoms with van der Waals surface area (Å²) in [5.41, 5.74) is 4.27. The second-order valence-electron chi connectivity index (χ2n) is 6.32. The number of halogens is 1. The van der Waals surface area contributed by atoms with Crippen molar-refractivity contribution >= 4 is 39.2 Å². The third-order valence-corrected chi connectivity index (χ3v) is 5.88. The fraction of sp³-hybridized carbons (Fsp3) is 0.286. The zero-order chi connectivity index (χ0) is 19.4. The minimum atomic E-state index is -1.07. The lowest BCUT2D eigenvalue weighted by molar-refractivity contribution is 0.683. The van der Waals surface area contributed by atoms with E-state index in [2.05, 4.69) is 29.2 Å². The summed E-state index contributed by atoms with van der Waals surface area (Å²) in [6, 6.07) is 15.7. The van der Waals surface area contributed by atoms with Crippen molar-refractivity contribution < 1.29 is 4.21 Å². The Morgan fingerprint density at radius 3 is 2.56 bits per heavy atom. The van der Waals surface area contributed by atoms with Crippen molar-refractivity contribution in [1.29, 1.82) is 5.26 Å². The van der Waals surface area contributed by atoms with Gasteiger partial charge in [-0.3, -0.25) is 0 Å². The second kappa shape index (κ2) is 8.60. The molecule has 3 rings (SSSR count). The van der Waals surface area contributed by atoms with E-state index in [0.29, 0.717) is 16.3 Å². The molecule has 0 saturated carbocycles. The molecule has 6 heteroatoms. The molecule has 1 N–H and O–H groups in total. The third-order valence-electron chi connectivity index (χ3n) is 4.53. The van der Waals surface area contributed by atoms with Gasteiger partial charge in [0.25, 0.3) is 0 Å². The van der Waals surface area contributed by atoms with Crippen molar-refractivity contribution in [3.05, 3.63) is 53.1 Å². The van der Waals surface area contributed by atoms with Crippen LogP contribution in [0.2, 0.25) is 5.02 Å². The molecular weight excluding hydrogens is 378 g/mol. The first kappa shape index (κ1) is 19.5. The van der Waals surface area contributed by atoms with Gasteiger partial charge in [0.15, 0.2) is 0 Å². The maximum Gasteiger partial charge on any atom is 0.117 e. The average Bonchev–Trinajstić information content (AvgIpc) is 2.99. The van der Waals surface area contributed by atoms with Crippen LogP contribution in [-0.2, 0) is 17.5 Å². The second-order valence-corrected chi connectivity index (χ2v) is 8.06. The number of nitrogens with zero attached hydrogens (tertiary/aromatic N) is 2. The van der Waals surface area contributed by atoms with E-state index in [0.717, 1.165) is 47.2 Å². The molecule has 1 atom stereocenters. The van der Waals surface area contributed by atoms with E-state index in [1.54, 1.807) is 0 Å². The Morgan fingerprint density at radius 1 is 1.19 bits per heavy atom. The Bertz CT molecular complexity index is 1020. The Hall–Kier alpha value is -2.29. The summed E-state index contributed by atoms with van der Waals surface area (Å²) < 4.78 is 17.2. The minimum Gasteiger partial charge on any atom is -0.340 e. The molecule has 0 spiro atoms. The largest absolute Gasteiger partial charge is 0.340 e. The first-order valence-electron chi connectivity index (χ1n) is 9.06. The van der Waals surface area contributed by atoms with Crippen LogP contribution < -0.4 is 4.72 Å². The number of aryl methyl sites for hydroxylation is 1. The van der Waals surface area contributed by atoms with E-state index in [-0.39, 0.29) is 0 Å². The fourth-order valence-electron chi connectivity index (χ4n) is 3.22. The minimum absolute atomic E-state index is 0.618. The summed E-state index contributed by atoms with van der Waals surface area (Å²) in [6.07, 6.45) is 1.96. The van der Waals surface area contributed by atoms with Crippen LogP contribution in [0.5, 0.6) is 0 Å². The number of hydrogen-bond donors (Lipinski definition) is 1. The average molecular weight is 400 g/mol. The molecule has 0 fully saturated rings. The molecular formula is C21H22ClN3OS. The van der Waals surface area contributed by atoms with Crippen LogP contribution in [0.1, 0.15) is 32.3 Å². The quantitative estimate of drug-likeness (QED) is 0.551. The third kappa shape index (κ3) is 4.02. The Balaban J connectivity index is 2.00.